The number of benzene rings is 1. The van der Waals surface area contributed by atoms with E-state index in [0.29, 0.717) is 12.2 Å². The van der Waals surface area contributed by atoms with Crippen LogP contribution in [0.3, 0.4) is 0 Å². The van der Waals surface area contributed by atoms with Crippen molar-refractivity contribution in [1.29, 1.82) is 0 Å². The lowest BCUT2D eigenvalue weighted by Crippen LogP contribution is -2.47. The van der Waals surface area contributed by atoms with Gasteiger partial charge in [0.25, 0.3) is 0 Å². The molecule has 1 atom stereocenters. The van der Waals surface area contributed by atoms with E-state index in [-0.39, 0.29) is 18.4 Å². The van der Waals surface area contributed by atoms with Gasteiger partial charge >= 0.3 is 0 Å². The summed E-state index contributed by atoms with van der Waals surface area (Å²) >= 11 is 0. The maximum Gasteiger partial charge on any atom is 0.243 e. The molecule has 25 heavy (non-hydrogen) atoms. The maximum absolute atomic E-state index is 12.5. The summed E-state index contributed by atoms with van der Waals surface area (Å²) < 4.78 is 5.80. The minimum absolute atomic E-state index is 0.262. The first-order valence-electron chi connectivity index (χ1n) is 8.03. The van der Waals surface area contributed by atoms with Crippen molar-refractivity contribution in [1.82, 2.24) is 20.6 Å². The number of aryl methyl sites for hydroxylation is 1. The van der Waals surface area contributed by atoms with E-state index in [1.807, 2.05) is 31.2 Å². The summed E-state index contributed by atoms with van der Waals surface area (Å²) in [5.74, 6) is 0.168. The van der Waals surface area contributed by atoms with E-state index in [1.165, 1.54) is 13.3 Å². The third kappa shape index (κ3) is 3.88. The Bertz CT molecular complexity index is 883. The normalized spacial score (nSPS) is 12.1. The van der Waals surface area contributed by atoms with Gasteiger partial charge in [0.2, 0.25) is 11.8 Å². The molecule has 0 aliphatic rings. The predicted octanol–water partition coefficient (Wildman–Crippen LogP) is 1.83. The van der Waals surface area contributed by atoms with Crippen molar-refractivity contribution >= 4 is 22.8 Å². The zero-order chi connectivity index (χ0) is 17.8. The van der Waals surface area contributed by atoms with E-state index in [0.717, 1.165) is 22.2 Å². The van der Waals surface area contributed by atoms with Crippen molar-refractivity contribution in [3.63, 3.8) is 0 Å². The van der Waals surface area contributed by atoms with Crippen molar-refractivity contribution in [2.45, 2.75) is 32.9 Å². The Morgan fingerprint density at radius 3 is 2.80 bits per heavy atom. The molecule has 3 rings (SSSR count). The third-order valence-corrected chi connectivity index (χ3v) is 4.04. The highest BCUT2D eigenvalue weighted by atomic mass is 16.3. The van der Waals surface area contributed by atoms with Crippen LogP contribution in [0.2, 0.25) is 0 Å². The molecule has 2 amide bonds. The van der Waals surface area contributed by atoms with Crippen LogP contribution in [0, 0.1) is 6.92 Å². The maximum atomic E-state index is 12.5. The summed E-state index contributed by atoms with van der Waals surface area (Å²) in [6, 6.07) is 7.06. The molecule has 130 valence electrons. The van der Waals surface area contributed by atoms with E-state index in [2.05, 4.69) is 20.6 Å². The van der Waals surface area contributed by atoms with E-state index < -0.39 is 6.04 Å². The summed E-state index contributed by atoms with van der Waals surface area (Å²) in [7, 11) is 0. The van der Waals surface area contributed by atoms with Crippen molar-refractivity contribution in [2.75, 3.05) is 0 Å². The van der Waals surface area contributed by atoms with Gasteiger partial charge in [-0.3, -0.25) is 9.59 Å². The Hall–Kier alpha value is -3.09. The molecule has 0 aliphatic heterocycles. The molecular formula is C18H20N4O3. The molecule has 0 fully saturated rings. The van der Waals surface area contributed by atoms with Crippen LogP contribution in [-0.4, -0.2) is 27.8 Å². The van der Waals surface area contributed by atoms with Crippen molar-refractivity contribution < 1.29 is 14.0 Å². The molecular weight excluding hydrogens is 320 g/mol. The fourth-order valence-corrected chi connectivity index (χ4v) is 2.76. The Kier molecular flexibility index (Phi) is 4.83. The number of carbonyl (C=O) groups is 2. The van der Waals surface area contributed by atoms with Gasteiger partial charge < -0.3 is 20.0 Å². The van der Waals surface area contributed by atoms with Gasteiger partial charge in [0.15, 0.2) is 0 Å². The second-order valence-corrected chi connectivity index (χ2v) is 5.90. The van der Waals surface area contributed by atoms with Crippen LogP contribution in [0.4, 0.5) is 0 Å². The number of amides is 2. The first-order valence-corrected chi connectivity index (χ1v) is 8.03. The number of para-hydroxylation sites is 1. The van der Waals surface area contributed by atoms with Gasteiger partial charge in [-0.1, -0.05) is 18.2 Å². The predicted molar refractivity (Wildman–Crippen MR) is 92.7 cm³/mol. The molecule has 2 heterocycles. The molecule has 0 saturated heterocycles. The topological polar surface area (TPSA) is 100 Å². The lowest BCUT2D eigenvalue weighted by molar-refractivity contribution is -0.128. The molecule has 0 aliphatic carbocycles. The smallest absolute Gasteiger partial charge is 0.243 e. The largest absolute Gasteiger partial charge is 0.459 e. The van der Waals surface area contributed by atoms with Crippen LogP contribution in [0.15, 0.2) is 41.2 Å². The van der Waals surface area contributed by atoms with Crippen molar-refractivity contribution in [2.24, 2.45) is 0 Å². The van der Waals surface area contributed by atoms with Gasteiger partial charge in [0.1, 0.15) is 17.4 Å². The molecule has 1 unspecified atom stereocenters. The zero-order valence-electron chi connectivity index (χ0n) is 14.1. The molecule has 7 heteroatoms. The van der Waals surface area contributed by atoms with Crippen LogP contribution in [0.25, 0.3) is 11.0 Å². The molecule has 1 aromatic carbocycles. The molecule has 2 aromatic heterocycles. The van der Waals surface area contributed by atoms with Crippen LogP contribution >= 0.6 is 0 Å². The van der Waals surface area contributed by atoms with Gasteiger partial charge in [-0.05, 0) is 13.0 Å². The number of carbonyl (C=O) groups excluding carboxylic acids is 2. The van der Waals surface area contributed by atoms with Gasteiger partial charge in [0.05, 0.1) is 12.9 Å². The fourth-order valence-electron chi connectivity index (χ4n) is 2.76. The Morgan fingerprint density at radius 2 is 2.12 bits per heavy atom. The molecule has 0 radical (unpaired) electrons. The number of rotatable bonds is 6. The lowest BCUT2D eigenvalue weighted by Gasteiger charge is -2.16. The van der Waals surface area contributed by atoms with Gasteiger partial charge in [-0.2, -0.15) is 0 Å². The number of H-pyrrole nitrogens is 1. The molecule has 3 aromatic rings. The Morgan fingerprint density at radius 1 is 1.32 bits per heavy atom. The first kappa shape index (κ1) is 16.8. The lowest BCUT2D eigenvalue weighted by atomic mass is 10.1. The van der Waals surface area contributed by atoms with Crippen LogP contribution in [-0.2, 0) is 22.6 Å². The average Bonchev–Trinajstić information content (AvgIpc) is 3.20. The SMILES string of the molecule is CC(=O)NC(Cc1cnc[nH]1)C(=O)NCc1oc2ccccc2c1C. The summed E-state index contributed by atoms with van der Waals surface area (Å²) in [4.78, 5) is 30.8. The number of aromatic amines is 1. The summed E-state index contributed by atoms with van der Waals surface area (Å²) in [5.41, 5.74) is 2.56. The highest BCUT2D eigenvalue weighted by Crippen LogP contribution is 2.24. The van der Waals surface area contributed by atoms with E-state index in [1.54, 1.807) is 6.20 Å². The minimum atomic E-state index is -0.678. The highest BCUT2D eigenvalue weighted by molar-refractivity contribution is 5.87. The average molecular weight is 340 g/mol. The number of fused-ring (bicyclic) bond motifs is 1. The molecule has 0 bridgehead atoms. The van der Waals surface area contributed by atoms with E-state index in [4.69, 9.17) is 4.42 Å². The Balaban J connectivity index is 1.69. The zero-order valence-corrected chi connectivity index (χ0v) is 14.1. The number of hydrogen-bond acceptors (Lipinski definition) is 4. The number of nitrogens with one attached hydrogen (secondary N) is 3. The number of aromatic nitrogens is 2. The second-order valence-electron chi connectivity index (χ2n) is 5.90. The standard InChI is InChI=1S/C18H20N4O3/c1-11-14-5-3-4-6-16(14)25-17(11)9-20-18(24)15(22-12(2)23)7-13-8-19-10-21-13/h3-6,8,10,15H,7,9H2,1-2H3,(H,19,21)(H,20,24)(H,22,23). The highest BCUT2D eigenvalue weighted by Gasteiger charge is 2.21. The number of furan rings is 1. The first-order chi connectivity index (χ1) is 12.0. The van der Waals surface area contributed by atoms with E-state index in [9.17, 15) is 9.59 Å². The monoisotopic (exact) mass is 340 g/mol. The third-order valence-electron chi connectivity index (χ3n) is 4.04. The van der Waals surface area contributed by atoms with Gasteiger partial charge in [-0.25, -0.2) is 4.98 Å². The van der Waals surface area contributed by atoms with Crippen LogP contribution in [0.5, 0.6) is 0 Å². The van der Waals surface area contributed by atoms with Gasteiger partial charge in [-0.15, -0.1) is 0 Å². The van der Waals surface area contributed by atoms with Crippen LogP contribution < -0.4 is 10.6 Å². The summed E-state index contributed by atoms with van der Waals surface area (Å²) in [6.07, 6.45) is 3.51. The molecule has 0 saturated carbocycles. The summed E-state index contributed by atoms with van der Waals surface area (Å²) in [6.45, 7) is 3.61. The second kappa shape index (κ2) is 7.21. The minimum Gasteiger partial charge on any atom is -0.459 e. The summed E-state index contributed by atoms with van der Waals surface area (Å²) in [5, 5.41) is 6.53. The molecule has 7 nitrogen and oxygen atoms in total. The molecule has 0 spiro atoms. The van der Waals surface area contributed by atoms with Crippen molar-refractivity contribution in [3.05, 3.63) is 53.8 Å². The van der Waals surface area contributed by atoms with Crippen molar-refractivity contribution in [3.8, 4) is 0 Å². The molecule has 3 N–H and O–H groups in total. The fraction of sp³-hybridized carbons (Fsp3) is 0.278. The van der Waals surface area contributed by atoms with Gasteiger partial charge in [0, 0.05) is 36.2 Å². The van der Waals surface area contributed by atoms with Crippen LogP contribution in [0.1, 0.15) is 23.9 Å². The Labute approximate surface area is 144 Å². The number of imidazole rings is 1. The number of hydrogen-bond donors (Lipinski definition) is 3. The number of nitrogens with zero attached hydrogens (tertiary/aromatic N) is 1. The quantitative estimate of drug-likeness (QED) is 0.637. The van der Waals surface area contributed by atoms with E-state index >= 15 is 0 Å².